The lowest BCUT2D eigenvalue weighted by Crippen LogP contribution is -1.90. The Morgan fingerprint density at radius 1 is 0.895 bits per heavy atom. The van der Waals surface area contributed by atoms with Crippen LogP contribution in [0.4, 0.5) is 5.69 Å². The molecule has 2 aromatic carbocycles. The van der Waals surface area contributed by atoms with E-state index in [1.54, 1.807) is 0 Å². The molecule has 0 aliphatic heterocycles. The molecule has 0 saturated heterocycles. The highest BCUT2D eigenvalue weighted by Gasteiger charge is 2.00. The summed E-state index contributed by atoms with van der Waals surface area (Å²) in [6, 6.07) is 17.0. The van der Waals surface area contributed by atoms with Crippen molar-refractivity contribution in [3.63, 3.8) is 0 Å². The molecule has 0 heterocycles. The first-order valence-electron chi connectivity index (χ1n) is 5.22. The molecule has 5 N–H and O–H groups in total. The average molecular weight is 283 g/mol. The van der Waals surface area contributed by atoms with E-state index in [2.05, 4.69) is 0 Å². The largest absolute Gasteiger partial charge is 0.466 e. The van der Waals surface area contributed by atoms with Gasteiger partial charge in [0.1, 0.15) is 11.5 Å². The van der Waals surface area contributed by atoms with E-state index < -0.39 is 7.82 Å². The lowest BCUT2D eigenvalue weighted by Gasteiger charge is -2.07. The van der Waals surface area contributed by atoms with E-state index in [-0.39, 0.29) is 0 Å². The summed E-state index contributed by atoms with van der Waals surface area (Å²) in [5.74, 6) is 1.49. The average Bonchev–Trinajstić information content (AvgIpc) is 2.31. The number of hydrogen-bond acceptors (Lipinski definition) is 3. The van der Waals surface area contributed by atoms with E-state index in [1.807, 2.05) is 54.6 Å². The third-order valence-electron chi connectivity index (χ3n) is 1.89. The molecule has 2 rings (SSSR count). The van der Waals surface area contributed by atoms with Crippen LogP contribution >= 0.6 is 7.82 Å². The van der Waals surface area contributed by atoms with Crippen LogP contribution in [0.1, 0.15) is 0 Å². The third kappa shape index (κ3) is 7.23. The van der Waals surface area contributed by atoms with Gasteiger partial charge in [0.15, 0.2) is 0 Å². The summed E-state index contributed by atoms with van der Waals surface area (Å²) in [5.41, 5.74) is 6.39. The zero-order valence-corrected chi connectivity index (χ0v) is 10.8. The van der Waals surface area contributed by atoms with Gasteiger partial charge in [0.25, 0.3) is 0 Å². The number of hydrogen-bond donors (Lipinski definition) is 4. The van der Waals surface area contributed by atoms with Gasteiger partial charge >= 0.3 is 7.82 Å². The van der Waals surface area contributed by atoms with Crippen LogP contribution in [-0.2, 0) is 4.57 Å². The molecule has 0 fully saturated rings. The molecule has 0 aliphatic carbocycles. The highest BCUT2D eigenvalue weighted by Crippen LogP contribution is 2.26. The monoisotopic (exact) mass is 283 g/mol. The van der Waals surface area contributed by atoms with Crippen molar-refractivity contribution in [2.45, 2.75) is 0 Å². The van der Waals surface area contributed by atoms with Crippen LogP contribution in [0.15, 0.2) is 54.6 Å². The quantitative estimate of drug-likeness (QED) is 0.496. The zero-order valence-electron chi connectivity index (χ0n) is 9.88. The summed E-state index contributed by atoms with van der Waals surface area (Å²) >= 11 is 0. The van der Waals surface area contributed by atoms with Crippen LogP contribution < -0.4 is 10.5 Å². The number of para-hydroxylation sites is 3. The number of phosphoric acid groups is 1. The SMILES string of the molecule is Nc1ccccc1Oc1ccccc1.O=P(O)(O)O. The van der Waals surface area contributed by atoms with Gasteiger partial charge in [-0.15, -0.1) is 0 Å². The molecule has 0 amide bonds. The van der Waals surface area contributed by atoms with Crippen molar-refractivity contribution in [1.82, 2.24) is 0 Å². The topological polar surface area (TPSA) is 113 Å². The molecule has 0 bridgehead atoms. The maximum Gasteiger partial charge on any atom is 0.466 e. The number of rotatable bonds is 2. The summed E-state index contributed by atoms with van der Waals surface area (Å²) in [6.07, 6.45) is 0. The van der Waals surface area contributed by atoms with Crippen LogP contribution in [0.3, 0.4) is 0 Å². The van der Waals surface area contributed by atoms with Crippen LogP contribution in [0.25, 0.3) is 0 Å². The van der Waals surface area contributed by atoms with E-state index in [4.69, 9.17) is 29.7 Å². The zero-order chi connectivity index (χ0) is 14.3. The summed E-state index contributed by atoms with van der Waals surface area (Å²) in [7, 11) is -4.64. The van der Waals surface area contributed by atoms with Gasteiger partial charge in [0.2, 0.25) is 0 Å². The first-order chi connectivity index (χ1) is 8.86. The van der Waals surface area contributed by atoms with E-state index in [0.717, 1.165) is 5.75 Å². The lowest BCUT2D eigenvalue weighted by atomic mass is 10.3. The predicted octanol–water partition coefficient (Wildman–Crippen LogP) is 2.13. The standard InChI is InChI=1S/C12H11NO.H3O4P/c13-11-8-4-5-9-12(11)14-10-6-2-1-3-7-10;1-5(2,3)4/h1-9H,13H2;(H3,1,2,3,4). The fourth-order valence-corrected chi connectivity index (χ4v) is 1.19. The summed E-state index contributed by atoms with van der Waals surface area (Å²) < 4.78 is 14.5. The minimum atomic E-state index is -4.64. The van der Waals surface area contributed by atoms with Crippen molar-refractivity contribution >= 4 is 13.5 Å². The number of benzene rings is 2. The molecule has 0 radical (unpaired) electrons. The van der Waals surface area contributed by atoms with Crippen molar-refractivity contribution in [1.29, 1.82) is 0 Å². The Bertz CT molecular complexity index is 547. The molecule has 0 atom stereocenters. The van der Waals surface area contributed by atoms with E-state index in [1.165, 1.54) is 0 Å². The fourth-order valence-electron chi connectivity index (χ4n) is 1.19. The molecule has 0 spiro atoms. The molecule has 7 heteroatoms. The third-order valence-corrected chi connectivity index (χ3v) is 1.89. The number of ether oxygens (including phenoxy) is 1. The Balaban J connectivity index is 0.000000312. The number of nitrogens with two attached hydrogens (primary N) is 1. The summed E-state index contributed by atoms with van der Waals surface area (Å²) in [4.78, 5) is 21.6. The molecular formula is C12H14NO5P. The van der Waals surface area contributed by atoms with Gasteiger partial charge in [-0.3, -0.25) is 0 Å². The second-order valence-corrected chi connectivity index (χ2v) is 4.49. The molecular weight excluding hydrogens is 269 g/mol. The maximum absolute atomic E-state index is 8.88. The first-order valence-corrected chi connectivity index (χ1v) is 6.78. The Morgan fingerprint density at radius 3 is 1.89 bits per heavy atom. The summed E-state index contributed by atoms with van der Waals surface area (Å²) in [6.45, 7) is 0. The lowest BCUT2D eigenvalue weighted by molar-refractivity contribution is 0.275. The number of anilines is 1. The first kappa shape index (κ1) is 15.2. The van der Waals surface area contributed by atoms with Gasteiger partial charge < -0.3 is 25.2 Å². The highest BCUT2D eigenvalue weighted by molar-refractivity contribution is 7.45. The molecule has 102 valence electrons. The Kier molecular flexibility index (Phi) is 5.54. The maximum atomic E-state index is 8.88. The normalized spacial score (nSPS) is 10.3. The molecule has 2 aromatic rings. The molecule has 0 saturated carbocycles. The van der Waals surface area contributed by atoms with Crippen LogP contribution in [0.5, 0.6) is 11.5 Å². The second-order valence-electron chi connectivity index (χ2n) is 3.47. The van der Waals surface area contributed by atoms with Gasteiger partial charge in [-0.05, 0) is 24.3 Å². The van der Waals surface area contributed by atoms with Crippen molar-refractivity contribution in [2.75, 3.05) is 5.73 Å². The van der Waals surface area contributed by atoms with Gasteiger partial charge in [-0.2, -0.15) is 0 Å². The highest BCUT2D eigenvalue weighted by atomic mass is 31.2. The molecule has 0 unspecified atom stereocenters. The summed E-state index contributed by atoms with van der Waals surface area (Å²) in [5, 5.41) is 0. The van der Waals surface area contributed by atoms with Crippen molar-refractivity contribution in [3.8, 4) is 11.5 Å². The Labute approximate surface area is 110 Å². The van der Waals surface area contributed by atoms with Crippen molar-refractivity contribution in [2.24, 2.45) is 0 Å². The van der Waals surface area contributed by atoms with Crippen molar-refractivity contribution in [3.05, 3.63) is 54.6 Å². The minimum Gasteiger partial charge on any atom is -0.455 e. The molecule has 0 aliphatic rings. The van der Waals surface area contributed by atoms with E-state index >= 15 is 0 Å². The Hall–Kier alpha value is -1.85. The molecule has 6 nitrogen and oxygen atoms in total. The minimum absolute atomic E-state index is 0.649. The van der Waals surface area contributed by atoms with Crippen LogP contribution in [0, 0.1) is 0 Å². The van der Waals surface area contributed by atoms with Crippen LogP contribution in [-0.4, -0.2) is 14.7 Å². The Morgan fingerprint density at radius 2 is 1.37 bits per heavy atom. The molecule has 0 aromatic heterocycles. The van der Waals surface area contributed by atoms with E-state index in [9.17, 15) is 0 Å². The second kappa shape index (κ2) is 6.92. The smallest absolute Gasteiger partial charge is 0.455 e. The van der Waals surface area contributed by atoms with Crippen LogP contribution in [0.2, 0.25) is 0 Å². The predicted molar refractivity (Wildman–Crippen MR) is 71.6 cm³/mol. The number of nitrogen functional groups attached to an aromatic ring is 1. The van der Waals surface area contributed by atoms with Gasteiger partial charge in [-0.25, -0.2) is 4.57 Å². The van der Waals surface area contributed by atoms with Gasteiger partial charge in [-0.1, -0.05) is 30.3 Å². The van der Waals surface area contributed by atoms with Gasteiger partial charge in [0, 0.05) is 0 Å². The van der Waals surface area contributed by atoms with E-state index in [0.29, 0.717) is 11.4 Å². The fraction of sp³-hybridized carbons (Fsp3) is 0. The molecule has 19 heavy (non-hydrogen) atoms. The van der Waals surface area contributed by atoms with Crippen molar-refractivity contribution < 1.29 is 24.0 Å². The van der Waals surface area contributed by atoms with Gasteiger partial charge in [0.05, 0.1) is 5.69 Å².